The van der Waals surface area contributed by atoms with Gasteiger partial charge >= 0.3 is 17.9 Å². The monoisotopic (exact) mass is 737 g/mol. The summed E-state index contributed by atoms with van der Waals surface area (Å²) in [5.41, 5.74) is 0. The molecule has 1 unspecified atom stereocenters. The van der Waals surface area contributed by atoms with Crippen LogP contribution in [0.2, 0.25) is 0 Å². The van der Waals surface area contributed by atoms with Crippen LogP contribution in [-0.2, 0) is 28.6 Å². The normalized spacial score (nSPS) is 12.7. The van der Waals surface area contributed by atoms with Gasteiger partial charge in [0.05, 0.1) is 0 Å². The molecule has 0 heterocycles. The first kappa shape index (κ1) is 50.4. The molecule has 0 rings (SSSR count). The maximum atomic E-state index is 12.7. The van der Waals surface area contributed by atoms with Gasteiger partial charge in [-0.3, -0.25) is 14.4 Å². The molecule has 0 saturated heterocycles. The highest BCUT2D eigenvalue weighted by molar-refractivity contribution is 5.71. The van der Waals surface area contributed by atoms with Gasteiger partial charge in [-0.25, -0.2) is 0 Å². The summed E-state index contributed by atoms with van der Waals surface area (Å²) in [6.07, 6.45) is 33.8. The molecule has 0 spiro atoms. The molecule has 0 aromatic rings. The molecule has 6 nitrogen and oxygen atoms in total. The smallest absolute Gasteiger partial charge is 0.306 e. The third-order valence-corrected chi connectivity index (χ3v) is 10.5. The van der Waals surface area contributed by atoms with Crippen molar-refractivity contribution in [3.8, 4) is 0 Å². The standard InChI is InChI=1S/C46H88O6/c1-7-42(6)34-28-22-16-10-13-18-24-30-36-45(48)51-39-43(52-46(49)37-31-25-19-12-9-15-21-27-33-41(4)5)38-50-44(47)35-29-23-17-11-8-14-20-26-32-40(2)3/h40-43H,7-39H2,1-6H3/t42?,43-/m1/s1. The zero-order valence-corrected chi connectivity index (χ0v) is 35.6. The fourth-order valence-corrected chi connectivity index (χ4v) is 6.67. The van der Waals surface area contributed by atoms with Gasteiger partial charge < -0.3 is 14.2 Å². The summed E-state index contributed by atoms with van der Waals surface area (Å²) in [4.78, 5) is 37.7. The lowest BCUT2D eigenvalue weighted by Gasteiger charge is -2.18. The first-order valence-electron chi connectivity index (χ1n) is 22.6. The molecule has 0 aromatic carbocycles. The molecular weight excluding hydrogens is 648 g/mol. The lowest BCUT2D eigenvalue weighted by molar-refractivity contribution is -0.167. The van der Waals surface area contributed by atoms with Crippen molar-refractivity contribution in [2.45, 2.75) is 247 Å². The van der Waals surface area contributed by atoms with E-state index in [-0.39, 0.29) is 31.1 Å². The summed E-state index contributed by atoms with van der Waals surface area (Å²) in [6.45, 7) is 13.6. The predicted octanol–water partition coefficient (Wildman–Crippen LogP) is 14.0. The topological polar surface area (TPSA) is 78.9 Å². The van der Waals surface area contributed by atoms with Crippen molar-refractivity contribution in [3.05, 3.63) is 0 Å². The van der Waals surface area contributed by atoms with Crippen molar-refractivity contribution in [1.29, 1.82) is 0 Å². The van der Waals surface area contributed by atoms with Crippen molar-refractivity contribution < 1.29 is 28.6 Å². The third-order valence-electron chi connectivity index (χ3n) is 10.5. The van der Waals surface area contributed by atoms with Crippen LogP contribution in [0, 0.1) is 17.8 Å². The molecule has 0 bridgehead atoms. The van der Waals surface area contributed by atoms with Crippen LogP contribution in [0.25, 0.3) is 0 Å². The lowest BCUT2D eigenvalue weighted by atomic mass is 9.99. The van der Waals surface area contributed by atoms with E-state index in [1.807, 2.05) is 0 Å². The number of carbonyl (C=O) groups excluding carboxylic acids is 3. The van der Waals surface area contributed by atoms with Gasteiger partial charge in [0.15, 0.2) is 6.10 Å². The Morgan fingerprint density at radius 2 is 0.673 bits per heavy atom. The van der Waals surface area contributed by atoms with Gasteiger partial charge in [-0.05, 0) is 37.0 Å². The Balaban J connectivity index is 4.36. The van der Waals surface area contributed by atoms with Gasteiger partial charge in [-0.2, -0.15) is 0 Å². The highest BCUT2D eigenvalue weighted by Crippen LogP contribution is 2.17. The minimum atomic E-state index is -0.762. The zero-order chi connectivity index (χ0) is 38.5. The quantitative estimate of drug-likeness (QED) is 0.0355. The van der Waals surface area contributed by atoms with Crippen LogP contribution < -0.4 is 0 Å². The summed E-state index contributed by atoms with van der Waals surface area (Å²) in [5, 5.41) is 0. The number of rotatable bonds is 39. The number of hydrogen-bond donors (Lipinski definition) is 0. The minimum absolute atomic E-state index is 0.0670. The second-order valence-electron chi connectivity index (χ2n) is 16.9. The second-order valence-corrected chi connectivity index (χ2v) is 16.9. The van der Waals surface area contributed by atoms with Crippen LogP contribution in [0.4, 0.5) is 0 Å². The molecule has 0 fully saturated rings. The first-order valence-corrected chi connectivity index (χ1v) is 22.6. The first-order chi connectivity index (χ1) is 25.1. The van der Waals surface area contributed by atoms with Gasteiger partial charge in [0, 0.05) is 19.3 Å². The van der Waals surface area contributed by atoms with Crippen molar-refractivity contribution >= 4 is 17.9 Å². The van der Waals surface area contributed by atoms with Crippen molar-refractivity contribution in [3.63, 3.8) is 0 Å². The van der Waals surface area contributed by atoms with Crippen LogP contribution in [0.5, 0.6) is 0 Å². The van der Waals surface area contributed by atoms with E-state index in [2.05, 4.69) is 41.5 Å². The van der Waals surface area contributed by atoms with E-state index in [1.165, 1.54) is 122 Å². The van der Waals surface area contributed by atoms with E-state index < -0.39 is 6.10 Å². The summed E-state index contributed by atoms with van der Waals surface area (Å²) in [5.74, 6) is 1.57. The Bertz CT molecular complexity index is 809. The largest absolute Gasteiger partial charge is 0.462 e. The van der Waals surface area contributed by atoms with E-state index >= 15 is 0 Å². The van der Waals surface area contributed by atoms with Crippen molar-refractivity contribution in [1.82, 2.24) is 0 Å². The molecule has 0 aliphatic rings. The van der Waals surface area contributed by atoms with Crippen LogP contribution in [0.15, 0.2) is 0 Å². The van der Waals surface area contributed by atoms with Crippen molar-refractivity contribution in [2.24, 2.45) is 17.8 Å². The fraction of sp³-hybridized carbons (Fsp3) is 0.935. The molecule has 0 aliphatic heterocycles. The van der Waals surface area contributed by atoms with E-state index in [1.54, 1.807) is 0 Å². The molecule has 0 saturated carbocycles. The van der Waals surface area contributed by atoms with Crippen LogP contribution in [-0.4, -0.2) is 37.2 Å². The Hall–Kier alpha value is -1.59. The molecule has 52 heavy (non-hydrogen) atoms. The number of hydrogen-bond acceptors (Lipinski definition) is 6. The number of esters is 3. The highest BCUT2D eigenvalue weighted by Gasteiger charge is 2.19. The zero-order valence-electron chi connectivity index (χ0n) is 35.6. The van der Waals surface area contributed by atoms with Gasteiger partial charge in [0.25, 0.3) is 0 Å². The number of carbonyl (C=O) groups is 3. The van der Waals surface area contributed by atoms with E-state index in [9.17, 15) is 14.4 Å². The van der Waals surface area contributed by atoms with Gasteiger partial charge in [0.2, 0.25) is 0 Å². The van der Waals surface area contributed by atoms with Gasteiger partial charge in [0.1, 0.15) is 13.2 Å². The van der Waals surface area contributed by atoms with E-state index in [4.69, 9.17) is 14.2 Å². The molecule has 0 N–H and O–H groups in total. The molecule has 0 aromatic heterocycles. The Morgan fingerprint density at radius 1 is 0.385 bits per heavy atom. The molecule has 0 amide bonds. The Morgan fingerprint density at radius 3 is 1.00 bits per heavy atom. The molecule has 2 atom stereocenters. The summed E-state index contributed by atoms with van der Waals surface area (Å²) in [6, 6.07) is 0. The second kappa shape index (κ2) is 37.7. The summed E-state index contributed by atoms with van der Waals surface area (Å²) in [7, 11) is 0. The van der Waals surface area contributed by atoms with Crippen molar-refractivity contribution in [2.75, 3.05) is 13.2 Å². The fourth-order valence-electron chi connectivity index (χ4n) is 6.67. The number of ether oxygens (including phenoxy) is 3. The summed E-state index contributed by atoms with van der Waals surface area (Å²) < 4.78 is 16.7. The van der Waals surface area contributed by atoms with E-state index in [0.717, 1.165) is 75.5 Å². The Labute approximate surface area is 323 Å². The molecule has 0 aliphatic carbocycles. The lowest BCUT2D eigenvalue weighted by Crippen LogP contribution is -2.30. The number of unbranched alkanes of at least 4 members (excludes halogenated alkanes) is 21. The van der Waals surface area contributed by atoms with Gasteiger partial charge in [-0.15, -0.1) is 0 Å². The molecule has 0 radical (unpaired) electrons. The average Bonchev–Trinajstić information content (AvgIpc) is 3.11. The summed E-state index contributed by atoms with van der Waals surface area (Å²) >= 11 is 0. The predicted molar refractivity (Wildman–Crippen MR) is 219 cm³/mol. The minimum Gasteiger partial charge on any atom is -0.462 e. The maximum absolute atomic E-state index is 12.7. The van der Waals surface area contributed by atoms with Crippen LogP contribution in [0.1, 0.15) is 241 Å². The average molecular weight is 737 g/mol. The van der Waals surface area contributed by atoms with Gasteiger partial charge in [-0.1, -0.05) is 202 Å². The Kier molecular flexibility index (Phi) is 36.6. The van der Waals surface area contributed by atoms with Crippen LogP contribution in [0.3, 0.4) is 0 Å². The molecule has 308 valence electrons. The highest BCUT2D eigenvalue weighted by atomic mass is 16.6. The SMILES string of the molecule is CCC(C)CCCCCCCCCCC(=O)OC[C@@H](COC(=O)CCCCCCCCCCC(C)C)OC(=O)CCCCCCCCCCC(C)C. The molecule has 6 heteroatoms. The third kappa shape index (κ3) is 38.1. The van der Waals surface area contributed by atoms with E-state index in [0.29, 0.717) is 19.3 Å². The maximum Gasteiger partial charge on any atom is 0.306 e. The molecular formula is C46H88O6. The van der Waals surface area contributed by atoms with Crippen LogP contribution >= 0.6 is 0 Å².